The number of benzene rings is 1. The highest BCUT2D eigenvalue weighted by Gasteiger charge is 2.20. The molecule has 1 aliphatic rings. The van der Waals surface area contributed by atoms with E-state index in [4.69, 9.17) is 4.74 Å². The van der Waals surface area contributed by atoms with Gasteiger partial charge in [-0.3, -0.25) is 4.90 Å². The van der Waals surface area contributed by atoms with E-state index in [1.807, 2.05) is 12.1 Å². The molecule has 1 aromatic rings. The van der Waals surface area contributed by atoms with Crippen molar-refractivity contribution in [1.82, 2.24) is 10.2 Å². The molecular weight excluding hydrogens is 250 g/mol. The van der Waals surface area contributed by atoms with E-state index in [2.05, 4.69) is 41.1 Å². The predicted octanol–water partition coefficient (Wildman–Crippen LogP) is 1.82. The molecule has 1 atom stereocenters. The van der Waals surface area contributed by atoms with Gasteiger partial charge in [0.1, 0.15) is 5.75 Å². The molecule has 0 amide bonds. The molecule has 2 rings (SSSR count). The van der Waals surface area contributed by atoms with E-state index in [1.54, 1.807) is 7.11 Å². The van der Waals surface area contributed by atoms with Gasteiger partial charge in [-0.1, -0.05) is 6.92 Å². The molecule has 1 N–H and O–H groups in total. The Morgan fingerprint density at radius 1 is 1.15 bits per heavy atom. The summed E-state index contributed by atoms with van der Waals surface area (Å²) < 4.78 is 5.21. The van der Waals surface area contributed by atoms with Crippen LogP contribution in [-0.4, -0.2) is 57.3 Å². The van der Waals surface area contributed by atoms with Gasteiger partial charge in [-0.05, 0) is 37.7 Å². The third kappa shape index (κ3) is 3.87. The smallest absolute Gasteiger partial charge is 0.119 e. The molecule has 0 bridgehead atoms. The van der Waals surface area contributed by atoms with Crippen LogP contribution in [0.15, 0.2) is 24.3 Å². The van der Waals surface area contributed by atoms with Crippen LogP contribution in [0.2, 0.25) is 0 Å². The lowest BCUT2D eigenvalue weighted by Gasteiger charge is -2.39. The number of rotatable bonds is 6. The molecule has 1 fully saturated rings. The minimum Gasteiger partial charge on any atom is -0.497 e. The van der Waals surface area contributed by atoms with Crippen molar-refractivity contribution in [2.24, 2.45) is 0 Å². The number of anilines is 1. The van der Waals surface area contributed by atoms with E-state index >= 15 is 0 Å². The van der Waals surface area contributed by atoms with Crippen LogP contribution in [0.1, 0.15) is 13.8 Å². The summed E-state index contributed by atoms with van der Waals surface area (Å²) >= 11 is 0. The molecule has 4 nitrogen and oxygen atoms in total. The first kappa shape index (κ1) is 15.1. The number of likely N-dealkylation sites (N-methyl/N-ethyl adjacent to an activating group) is 1. The number of hydrogen-bond donors (Lipinski definition) is 1. The maximum Gasteiger partial charge on any atom is 0.119 e. The summed E-state index contributed by atoms with van der Waals surface area (Å²) in [7, 11) is 1.71. The zero-order valence-electron chi connectivity index (χ0n) is 12.9. The Labute approximate surface area is 122 Å². The summed E-state index contributed by atoms with van der Waals surface area (Å²) in [6.45, 7) is 11.1. The average molecular weight is 277 g/mol. The zero-order valence-corrected chi connectivity index (χ0v) is 12.9. The highest BCUT2D eigenvalue weighted by atomic mass is 16.5. The van der Waals surface area contributed by atoms with Crippen molar-refractivity contribution in [3.63, 3.8) is 0 Å². The van der Waals surface area contributed by atoms with E-state index in [1.165, 1.54) is 5.69 Å². The Kier molecular flexibility index (Phi) is 5.68. The molecule has 1 aromatic carbocycles. The fourth-order valence-corrected chi connectivity index (χ4v) is 2.70. The highest BCUT2D eigenvalue weighted by molar-refractivity contribution is 5.49. The lowest BCUT2D eigenvalue weighted by Crippen LogP contribution is -2.52. The fraction of sp³-hybridized carbons (Fsp3) is 0.625. The van der Waals surface area contributed by atoms with Crippen molar-refractivity contribution in [2.45, 2.75) is 19.9 Å². The SMILES string of the molecule is CCNCC(C)N1CCN(c2ccc(OC)cc2)CC1. The number of piperazine rings is 1. The number of nitrogens with zero attached hydrogens (tertiary/aromatic N) is 2. The molecule has 4 heteroatoms. The van der Waals surface area contributed by atoms with Gasteiger partial charge < -0.3 is 15.0 Å². The number of ether oxygens (including phenoxy) is 1. The summed E-state index contributed by atoms with van der Waals surface area (Å²) in [5, 5.41) is 3.43. The molecule has 0 aromatic heterocycles. The van der Waals surface area contributed by atoms with Gasteiger partial charge in [-0.25, -0.2) is 0 Å². The van der Waals surface area contributed by atoms with Crippen molar-refractivity contribution in [3.8, 4) is 5.75 Å². The maximum atomic E-state index is 5.21. The van der Waals surface area contributed by atoms with Gasteiger partial charge in [0.05, 0.1) is 7.11 Å². The van der Waals surface area contributed by atoms with Crippen LogP contribution in [0, 0.1) is 0 Å². The summed E-state index contributed by atoms with van der Waals surface area (Å²) in [5.74, 6) is 0.923. The van der Waals surface area contributed by atoms with E-state index in [-0.39, 0.29) is 0 Å². The molecule has 0 aliphatic carbocycles. The third-order valence-corrected chi connectivity index (χ3v) is 4.06. The van der Waals surface area contributed by atoms with E-state index in [0.29, 0.717) is 6.04 Å². The Hall–Kier alpha value is -1.26. The van der Waals surface area contributed by atoms with Crippen LogP contribution < -0.4 is 15.0 Å². The monoisotopic (exact) mass is 277 g/mol. The minimum absolute atomic E-state index is 0.618. The Bertz CT molecular complexity index is 385. The second kappa shape index (κ2) is 7.50. The summed E-state index contributed by atoms with van der Waals surface area (Å²) in [4.78, 5) is 5.03. The lowest BCUT2D eigenvalue weighted by molar-refractivity contribution is 0.194. The van der Waals surface area contributed by atoms with Gasteiger partial charge in [-0.15, -0.1) is 0 Å². The maximum absolute atomic E-state index is 5.21. The van der Waals surface area contributed by atoms with Gasteiger partial charge in [0.2, 0.25) is 0 Å². The first-order valence-corrected chi connectivity index (χ1v) is 7.58. The normalized spacial score (nSPS) is 18.1. The van der Waals surface area contributed by atoms with Crippen LogP contribution in [0.25, 0.3) is 0 Å². The minimum atomic E-state index is 0.618. The molecule has 0 spiro atoms. The molecule has 112 valence electrons. The molecule has 20 heavy (non-hydrogen) atoms. The second-order valence-electron chi connectivity index (χ2n) is 5.38. The molecule has 0 saturated carbocycles. The summed E-state index contributed by atoms with van der Waals surface area (Å²) in [6.07, 6.45) is 0. The molecule has 0 radical (unpaired) electrons. The predicted molar refractivity (Wildman–Crippen MR) is 84.8 cm³/mol. The summed E-state index contributed by atoms with van der Waals surface area (Å²) in [5.41, 5.74) is 1.30. The highest BCUT2D eigenvalue weighted by Crippen LogP contribution is 2.20. The zero-order chi connectivity index (χ0) is 14.4. The van der Waals surface area contributed by atoms with Gasteiger partial charge in [0, 0.05) is 44.5 Å². The van der Waals surface area contributed by atoms with Gasteiger partial charge in [-0.2, -0.15) is 0 Å². The average Bonchev–Trinajstić information content (AvgIpc) is 2.53. The standard InChI is InChI=1S/C16H27N3O/c1-4-17-13-14(2)18-9-11-19(12-10-18)15-5-7-16(20-3)8-6-15/h5-8,14,17H,4,9-13H2,1-3H3. The van der Waals surface area contributed by atoms with Gasteiger partial charge in [0.15, 0.2) is 0 Å². The Morgan fingerprint density at radius 3 is 2.35 bits per heavy atom. The molecule has 1 unspecified atom stereocenters. The molecule has 1 heterocycles. The first-order chi connectivity index (χ1) is 9.74. The van der Waals surface area contributed by atoms with Crippen LogP contribution in [0.3, 0.4) is 0 Å². The largest absolute Gasteiger partial charge is 0.497 e. The number of hydrogen-bond acceptors (Lipinski definition) is 4. The second-order valence-corrected chi connectivity index (χ2v) is 5.38. The van der Waals surface area contributed by atoms with Crippen LogP contribution in [0.5, 0.6) is 5.75 Å². The fourth-order valence-electron chi connectivity index (χ4n) is 2.70. The van der Waals surface area contributed by atoms with Crippen molar-refractivity contribution in [1.29, 1.82) is 0 Å². The van der Waals surface area contributed by atoms with Crippen molar-refractivity contribution in [3.05, 3.63) is 24.3 Å². The van der Waals surface area contributed by atoms with Crippen molar-refractivity contribution in [2.75, 3.05) is 51.3 Å². The molecule has 1 saturated heterocycles. The Morgan fingerprint density at radius 2 is 1.80 bits per heavy atom. The quantitative estimate of drug-likeness (QED) is 0.858. The lowest BCUT2D eigenvalue weighted by atomic mass is 10.2. The topological polar surface area (TPSA) is 27.7 Å². The van der Waals surface area contributed by atoms with E-state index in [0.717, 1.165) is 45.0 Å². The van der Waals surface area contributed by atoms with Crippen molar-refractivity contribution < 1.29 is 4.74 Å². The van der Waals surface area contributed by atoms with Gasteiger partial charge in [0.25, 0.3) is 0 Å². The number of nitrogens with one attached hydrogen (secondary N) is 1. The summed E-state index contributed by atoms with van der Waals surface area (Å²) in [6, 6.07) is 8.99. The van der Waals surface area contributed by atoms with Crippen LogP contribution >= 0.6 is 0 Å². The van der Waals surface area contributed by atoms with Crippen molar-refractivity contribution >= 4 is 5.69 Å². The van der Waals surface area contributed by atoms with E-state index < -0.39 is 0 Å². The Balaban J connectivity index is 1.83. The molecule has 1 aliphatic heterocycles. The molecular formula is C16H27N3O. The van der Waals surface area contributed by atoms with Gasteiger partial charge >= 0.3 is 0 Å². The van der Waals surface area contributed by atoms with Crippen LogP contribution in [0.4, 0.5) is 5.69 Å². The first-order valence-electron chi connectivity index (χ1n) is 7.58. The number of methoxy groups -OCH3 is 1. The van der Waals surface area contributed by atoms with E-state index in [9.17, 15) is 0 Å². The third-order valence-electron chi connectivity index (χ3n) is 4.06. The van der Waals surface area contributed by atoms with Crippen LogP contribution in [-0.2, 0) is 0 Å².